The van der Waals surface area contributed by atoms with Crippen molar-refractivity contribution in [3.8, 4) is 0 Å². The number of hydrogen-bond acceptors (Lipinski definition) is 3. The van der Waals surface area contributed by atoms with Gasteiger partial charge in [-0.25, -0.2) is 0 Å². The van der Waals surface area contributed by atoms with Crippen LogP contribution in [0.5, 0.6) is 0 Å². The first-order valence-corrected chi connectivity index (χ1v) is 16.6. The molecule has 0 unspecified atom stereocenters. The van der Waals surface area contributed by atoms with E-state index >= 15 is 0 Å². The van der Waals surface area contributed by atoms with E-state index in [1.165, 1.54) is 146 Å². The minimum absolute atomic E-state index is 0.0286. The van der Waals surface area contributed by atoms with Crippen LogP contribution in [0.4, 0.5) is 0 Å². The molecule has 2 saturated heterocycles. The number of carbonyl (C=O) groups is 2. The van der Waals surface area contributed by atoms with Gasteiger partial charge < -0.3 is 9.80 Å². The van der Waals surface area contributed by atoms with Crippen molar-refractivity contribution in [2.75, 3.05) is 26.2 Å². The van der Waals surface area contributed by atoms with Crippen molar-refractivity contribution in [3.05, 3.63) is 0 Å². The molecule has 0 radical (unpaired) electrons. The molecule has 0 bridgehead atoms. The van der Waals surface area contributed by atoms with E-state index in [1.807, 2.05) is 0 Å². The molecule has 37 heavy (non-hydrogen) atoms. The van der Waals surface area contributed by atoms with E-state index in [4.69, 9.17) is 12.2 Å². The fraction of sp³-hybridized carbons (Fsp3) is 0.906. The number of unbranched alkanes of at least 4 members (excludes halogenated alkanes) is 18. The third-order valence-corrected chi connectivity index (χ3v) is 8.27. The highest BCUT2D eigenvalue weighted by Crippen LogP contribution is 2.15. The Balaban J connectivity index is 0.000000371. The minimum Gasteiger partial charge on any atom is -0.366 e. The highest BCUT2D eigenvalue weighted by Gasteiger charge is 2.26. The zero-order chi connectivity index (χ0) is 27.0. The van der Waals surface area contributed by atoms with Crippen LogP contribution in [0, 0.1) is 0 Å². The lowest BCUT2D eigenvalue weighted by atomic mass is 10.1. The van der Waals surface area contributed by atoms with Crippen molar-refractivity contribution in [1.29, 1.82) is 0 Å². The van der Waals surface area contributed by atoms with E-state index in [9.17, 15) is 9.59 Å². The van der Waals surface area contributed by atoms with Crippen LogP contribution in [-0.2, 0) is 9.59 Å². The van der Waals surface area contributed by atoms with Crippen LogP contribution in [0.25, 0.3) is 0 Å². The predicted molar refractivity (Wildman–Crippen MR) is 163 cm³/mol. The summed E-state index contributed by atoms with van der Waals surface area (Å²) in [6.07, 6.45) is 29.8. The molecule has 0 saturated carbocycles. The standard InChI is InChI=1S/C16H29NO2.C16H31NS/c1-2-3-4-5-6-7-8-9-10-11-12-17-14-15(18)13-16(17)19;1-2-3-4-5-6-7-8-9-10-11-14-17-15-12-13-16(17)18/h2-14H2,1H3;2-15H2,1H3. The lowest BCUT2D eigenvalue weighted by molar-refractivity contribution is -0.127. The molecule has 0 aromatic rings. The summed E-state index contributed by atoms with van der Waals surface area (Å²) in [6.45, 7) is 8.10. The summed E-state index contributed by atoms with van der Waals surface area (Å²) in [7, 11) is 0. The van der Waals surface area contributed by atoms with Gasteiger partial charge in [-0.2, -0.15) is 0 Å². The van der Waals surface area contributed by atoms with E-state index in [0.29, 0.717) is 6.54 Å². The maximum Gasteiger partial charge on any atom is 0.230 e. The summed E-state index contributed by atoms with van der Waals surface area (Å²) in [6, 6.07) is 0. The highest BCUT2D eigenvalue weighted by molar-refractivity contribution is 7.80. The summed E-state index contributed by atoms with van der Waals surface area (Å²) >= 11 is 5.34. The number of nitrogens with zero attached hydrogens (tertiary/aromatic N) is 2. The third kappa shape index (κ3) is 18.8. The molecule has 2 fully saturated rings. The molecule has 2 aliphatic heterocycles. The number of Topliss-reactive ketones (excluding diaryl/α,β-unsaturated/α-hetero) is 1. The summed E-state index contributed by atoms with van der Waals surface area (Å²) in [4.78, 5) is 27.8. The summed E-state index contributed by atoms with van der Waals surface area (Å²) in [5, 5.41) is 0. The fourth-order valence-corrected chi connectivity index (χ4v) is 5.69. The van der Waals surface area contributed by atoms with Crippen LogP contribution >= 0.6 is 12.2 Å². The number of carbonyl (C=O) groups excluding carboxylic acids is 2. The Morgan fingerprint density at radius 1 is 0.595 bits per heavy atom. The predicted octanol–water partition coefficient (Wildman–Crippen LogP) is 9.04. The van der Waals surface area contributed by atoms with Crippen LogP contribution in [0.3, 0.4) is 0 Å². The van der Waals surface area contributed by atoms with Gasteiger partial charge >= 0.3 is 0 Å². The lowest BCUT2D eigenvalue weighted by Gasteiger charge is -2.17. The fourth-order valence-electron chi connectivity index (χ4n) is 5.36. The molecular formula is C32H60N2O2S. The topological polar surface area (TPSA) is 40.6 Å². The molecule has 0 N–H and O–H groups in total. The first-order chi connectivity index (χ1) is 18.1. The molecule has 0 spiro atoms. The first kappa shape index (κ1) is 34.1. The van der Waals surface area contributed by atoms with Crippen LogP contribution in [0.2, 0.25) is 0 Å². The Hall–Kier alpha value is -0.970. The molecule has 2 heterocycles. The van der Waals surface area contributed by atoms with Crippen molar-refractivity contribution >= 4 is 28.9 Å². The maximum atomic E-state index is 11.4. The lowest BCUT2D eigenvalue weighted by Crippen LogP contribution is -2.26. The van der Waals surface area contributed by atoms with Gasteiger partial charge in [0.05, 0.1) is 18.0 Å². The van der Waals surface area contributed by atoms with Gasteiger partial charge in [0.15, 0.2) is 5.78 Å². The van der Waals surface area contributed by atoms with Gasteiger partial charge in [0.2, 0.25) is 5.91 Å². The Kier molecular flexibility index (Phi) is 22.2. The number of ketones is 1. The zero-order valence-corrected chi connectivity index (χ0v) is 25.5. The number of thiocarbonyl (C=S) groups is 1. The van der Waals surface area contributed by atoms with Gasteiger partial charge in [-0.1, -0.05) is 142 Å². The monoisotopic (exact) mass is 536 g/mol. The van der Waals surface area contributed by atoms with Gasteiger partial charge in [-0.15, -0.1) is 0 Å². The molecule has 2 rings (SSSR count). The molecule has 0 aliphatic carbocycles. The van der Waals surface area contributed by atoms with Gasteiger partial charge in [0.1, 0.15) is 0 Å². The van der Waals surface area contributed by atoms with Gasteiger partial charge in [-0.05, 0) is 25.7 Å². The molecule has 1 amide bonds. The second kappa shape index (κ2) is 24.1. The van der Waals surface area contributed by atoms with Crippen molar-refractivity contribution in [2.45, 2.75) is 162 Å². The molecule has 0 aromatic heterocycles. The van der Waals surface area contributed by atoms with Crippen LogP contribution in [0.15, 0.2) is 0 Å². The van der Waals surface area contributed by atoms with E-state index < -0.39 is 0 Å². The van der Waals surface area contributed by atoms with Crippen molar-refractivity contribution in [1.82, 2.24) is 9.80 Å². The van der Waals surface area contributed by atoms with E-state index in [2.05, 4.69) is 18.7 Å². The third-order valence-electron chi connectivity index (χ3n) is 7.80. The maximum absolute atomic E-state index is 11.4. The molecule has 0 aromatic carbocycles. The first-order valence-electron chi connectivity index (χ1n) is 16.2. The van der Waals surface area contributed by atoms with Gasteiger partial charge in [-0.3, -0.25) is 9.59 Å². The molecule has 4 nitrogen and oxygen atoms in total. The Labute approximate surface area is 235 Å². The van der Waals surface area contributed by atoms with E-state index in [0.717, 1.165) is 19.4 Å². The average molecular weight is 537 g/mol. The number of amides is 1. The van der Waals surface area contributed by atoms with Gasteiger partial charge in [0, 0.05) is 19.6 Å². The van der Waals surface area contributed by atoms with Gasteiger partial charge in [0.25, 0.3) is 0 Å². The van der Waals surface area contributed by atoms with E-state index in [-0.39, 0.29) is 18.1 Å². The van der Waals surface area contributed by atoms with Crippen molar-refractivity contribution in [3.63, 3.8) is 0 Å². The SMILES string of the molecule is CCCCCCCCCCCCN1CC(=O)CC1=O.CCCCCCCCCCCCN1CCCC1=S. The Morgan fingerprint density at radius 3 is 1.35 bits per heavy atom. The molecule has 5 heteroatoms. The normalized spacial score (nSPS) is 15.6. The zero-order valence-electron chi connectivity index (χ0n) is 24.7. The molecular weight excluding hydrogens is 476 g/mol. The van der Waals surface area contributed by atoms with Crippen molar-refractivity contribution < 1.29 is 9.59 Å². The van der Waals surface area contributed by atoms with E-state index in [1.54, 1.807) is 4.90 Å². The Bertz CT molecular complexity index is 595. The number of rotatable bonds is 22. The number of hydrogen-bond donors (Lipinski definition) is 0. The van der Waals surface area contributed by atoms with Crippen LogP contribution in [0.1, 0.15) is 162 Å². The Morgan fingerprint density at radius 2 is 1.00 bits per heavy atom. The molecule has 0 atom stereocenters. The molecule has 2 aliphatic rings. The van der Waals surface area contributed by atoms with Crippen LogP contribution in [-0.4, -0.2) is 52.7 Å². The quantitative estimate of drug-likeness (QED) is 0.0786. The minimum atomic E-state index is 0.0286. The largest absolute Gasteiger partial charge is 0.366 e. The summed E-state index contributed by atoms with van der Waals surface area (Å²) < 4.78 is 0. The highest BCUT2D eigenvalue weighted by atomic mass is 32.1. The van der Waals surface area contributed by atoms with Crippen LogP contribution < -0.4 is 0 Å². The number of likely N-dealkylation sites (tertiary alicyclic amines) is 2. The second-order valence-corrected chi connectivity index (χ2v) is 11.9. The second-order valence-electron chi connectivity index (χ2n) is 11.4. The molecule has 216 valence electrons. The smallest absolute Gasteiger partial charge is 0.230 e. The summed E-state index contributed by atoms with van der Waals surface area (Å²) in [5.74, 6) is 0.109. The average Bonchev–Trinajstić information content (AvgIpc) is 3.44. The summed E-state index contributed by atoms with van der Waals surface area (Å²) in [5.41, 5.74) is 0. The van der Waals surface area contributed by atoms with Crippen molar-refractivity contribution in [2.24, 2.45) is 0 Å².